The molecule has 1 amide bonds. The summed E-state index contributed by atoms with van der Waals surface area (Å²) in [6.07, 6.45) is 7.94. The fourth-order valence-electron chi connectivity index (χ4n) is 3.87. The van der Waals surface area contributed by atoms with E-state index in [-0.39, 0.29) is 23.9 Å². The summed E-state index contributed by atoms with van der Waals surface area (Å²) in [7, 11) is 0. The number of aliphatic hydroxyl groups is 1. The number of aliphatic hydroxyl groups excluding tert-OH is 1. The van der Waals surface area contributed by atoms with E-state index in [0.717, 1.165) is 25.0 Å². The summed E-state index contributed by atoms with van der Waals surface area (Å²) in [5.74, 6) is 0.474. The minimum atomic E-state index is -0.655. The lowest BCUT2D eigenvalue weighted by Crippen LogP contribution is -2.34. The number of β-amino-alcohol motifs (C(OH)–C–C–N with tert-alkyl or cyclic N) is 1. The molecule has 1 aliphatic heterocycles. The Hall–Kier alpha value is -2.54. The molecular weight excluding hydrogens is 346 g/mol. The Bertz CT molecular complexity index is 892. The molecule has 0 unspecified atom stereocenters. The maximum absolute atomic E-state index is 12.9. The van der Waals surface area contributed by atoms with Gasteiger partial charge in [-0.05, 0) is 37.8 Å². The molecule has 27 heavy (non-hydrogen) atoms. The van der Waals surface area contributed by atoms with Crippen molar-refractivity contribution in [3.05, 3.63) is 57.7 Å². The van der Waals surface area contributed by atoms with Gasteiger partial charge in [0.2, 0.25) is 0 Å². The second-order valence-electron chi connectivity index (χ2n) is 7.56. The van der Waals surface area contributed by atoms with Gasteiger partial charge in [-0.2, -0.15) is 0 Å². The molecule has 1 aliphatic carbocycles. The lowest BCUT2D eigenvalue weighted by molar-refractivity contribution is 0.0758. The van der Waals surface area contributed by atoms with Crippen LogP contribution in [0, 0.1) is 12.8 Å². The Labute approximate surface area is 157 Å². The van der Waals surface area contributed by atoms with E-state index in [1.54, 1.807) is 25.5 Å². The first-order valence-corrected chi connectivity index (χ1v) is 9.40. The summed E-state index contributed by atoms with van der Waals surface area (Å²) in [5, 5.41) is 10.4. The van der Waals surface area contributed by atoms with Crippen molar-refractivity contribution in [3.8, 4) is 0 Å². The van der Waals surface area contributed by atoms with E-state index < -0.39 is 11.7 Å². The number of aromatic nitrogens is 2. The smallest absolute Gasteiger partial charge is 0.349 e. The Morgan fingerprint density at radius 2 is 2.15 bits per heavy atom. The number of rotatable bonds is 4. The van der Waals surface area contributed by atoms with Gasteiger partial charge in [0.05, 0.1) is 11.8 Å². The fourth-order valence-corrected chi connectivity index (χ4v) is 3.87. The molecule has 2 aromatic heterocycles. The number of nitrogens with zero attached hydrogens (tertiary/aromatic N) is 3. The molecular formula is C20H23N3O4. The van der Waals surface area contributed by atoms with Gasteiger partial charge in [-0.3, -0.25) is 14.8 Å². The van der Waals surface area contributed by atoms with E-state index in [9.17, 15) is 14.7 Å². The third-order valence-corrected chi connectivity index (χ3v) is 5.67. The molecule has 2 atom stereocenters. The van der Waals surface area contributed by atoms with E-state index in [1.807, 2.05) is 6.07 Å². The minimum absolute atomic E-state index is 0.0745. The summed E-state index contributed by atoms with van der Waals surface area (Å²) < 4.78 is 5.44. The molecule has 1 N–H and O–H groups in total. The number of hydrogen-bond donors (Lipinski definition) is 1. The first-order chi connectivity index (χ1) is 13.0. The quantitative estimate of drug-likeness (QED) is 0.881. The Morgan fingerprint density at radius 1 is 1.33 bits per heavy atom. The van der Waals surface area contributed by atoms with Gasteiger partial charge >= 0.3 is 5.63 Å². The third kappa shape index (κ3) is 3.51. The highest BCUT2D eigenvalue weighted by atomic mass is 16.4. The highest BCUT2D eigenvalue weighted by Gasteiger charge is 2.36. The van der Waals surface area contributed by atoms with E-state index in [2.05, 4.69) is 9.97 Å². The van der Waals surface area contributed by atoms with Crippen LogP contribution in [0.3, 0.4) is 0 Å². The molecule has 0 radical (unpaired) electrons. The zero-order valence-corrected chi connectivity index (χ0v) is 15.3. The largest absolute Gasteiger partial charge is 0.427 e. The second kappa shape index (κ2) is 7.23. The normalized spacial score (nSPS) is 22.7. The Balaban J connectivity index is 1.50. The number of amides is 1. The Morgan fingerprint density at radius 3 is 2.78 bits per heavy atom. The summed E-state index contributed by atoms with van der Waals surface area (Å²) in [6, 6.07) is 1.82. The fraction of sp³-hybridized carbons (Fsp3) is 0.500. The summed E-state index contributed by atoms with van der Waals surface area (Å²) in [4.78, 5) is 35.2. The molecule has 2 aliphatic rings. The Kier molecular flexibility index (Phi) is 4.78. The van der Waals surface area contributed by atoms with Crippen molar-refractivity contribution in [1.82, 2.24) is 14.9 Å². The molecule has 0 spiro atoms. The van der Waals surface area contributed by atoms with Gasteiger partial charge in [0.15, 0.2) is 0 Å². The SMILES string of the molecule is Cc1cc(C2CCC2)oc(=O)c1C(=O)N1C[C@@H](Cc2cnccn2)[C@H](O)C1. The monoisotopic (exact) mass is 369 g/mol. The zero-order chi connectivity index (χ0) is 19.0. The van der Waals surface area contributed by atoms with Crippen LogP contribution in [0.15, 0.2) is 33.9 Å². The first-order valence-electron chi connectivity index (χ1n) is 9.40. The van der Waals surface area contributed by atoms with E-state index in [4.69, 9.17) is 4.42 Å². The van der Waals surface area contributed by atoms with Crippen LogP contribution < -0.4 is 5.63 Å². The maximum atomic E-state index is 12.9. The molecule has 142 valence electrons. The summed E-state index contributed by atoms with van der Waals surface area (Å²) >= 11 is 0. The summed E-state index contributed by atoms with van der Waals surface area (Å²) in [6.45, 7) is 2.35. The minimum Gasteiger partial charge on any atom is -0.427 e. The predicted molar refractivity (Wildman–Crippen MR) is 97.4 cm³/mol. The van der Waals surface area contributed by atoms with Crippen molar-refractivity contribution in [2.75, 3.05) is 13.1 Å². The van der Waals surface area contributed by atoms with Crippen molar-refractivity contribution >= 4 is 5.91 Å². The number of carbonyl (C=O) groups is 1. The maximum Gasteiger partial charge on any atom is 0.349 e. The number of aryl methyl sites for hydroxylation is 1. The van der Waals surface area contributed by atoms with Gasteiger partial charge < -0.3 is 14.4 Å². The highest BCUT2D eigenvalue weighted by molar-refractivity contribution is 5.95. The average molecular weight is 369 g/mol. The van der Waals surface area contributed by atoms with E-state index in [1.165, 1.54) is 4.90 Å². The van der Waals surface area contributed by atoms with Crippen molar-refractivity contribution in [3.63, 3.8) is 0 Å². The molecule has 3 heterocycles. The van der Waals surface area contributed by atoms with E-state index >= 15 is 0 Å². The molecule has 0 bridgehead atoms. The van der Waals surface area contributed by atoms with Crippen molar-refractivity contribution in [1.29, 1.82) is 0 Å². The van der Waals surface area contributed by atoms with E-state index in [0.29, 0.717) is 30.2 Å². The molecule has 7 nitrogen and oxygen atoms in total. The number of hydrogen-bond acceptors (Lipinski definition) is 6. The molecule has 1 saturated heterocycles. The predicted octanol–water partition coefficient (Wildman–Crippen LogP) is 1.68. The molecule has 2 fully saturated rings. The second-order valence-corrected chi connectivity index (χ2v) is 7.56. The highest BCUT2D eigenvalue weighted by Crippen LogP contribution is 2.36. The van der Waals surface area contributed by atoms with Gasteiger partial charge in [-0.1, -0.05) is 6.42 Å². The molecule has 7 heteroatoms. The van der Waals surface area contributed by atoms with Crippen molar-refractivity contribution < 1.29 is 14.3 Å². The topological polar surface area (TPSA) is 96.5 Å². The van der Waals surface area contributed by atoms with Crippen molar-refractivity contribution in [2.24, 2.45) is 5.92 Å². The van der Waals surface area contributed by atoms with Crippen LogP contribution in [0.2, 0.25) is 0 Å². The number of likely N-dealkylation sites (tertiary alicyclic amines) is 1. The van der Waals surface area contributed by atoms with Gasteiger partial charge in [0, 0.05) is 43.5 Å². The van der Waals surface area contributed by atoms with Gasteiger partial charge in [0.25, 0.3) is 5.91 Å². The van der Waals surface area contributed by atoms with Crippen LogP contribution in [0.1, 0.15) is 52.6 Å². The third-order valence-electron chi connectivity index (χ3n) is 5.67. The molecule has 4 rings (SSSR count). The lowest BCUT2D eigenvalue weighted by Gasteiger charge is -2.24. The van der Waals surface area contributed by atoms with Crippen LogP contribution in [0.4, 0.5) is 0 Å². The van der Waals surface area contributed by atoms with Crippen LogP contribution in [-0.2, 0) is 6.42 Å². The lowest BCUT2D eigenvalue weighted by atomic mass is 9.83. The van der Waals surface area contributed by atoms with Gasteiger partial charge in [-0.15, -0.1) is 0 Å². The molecule has 0 aromatic carbocycles. The van der Waals surface area contributed by atoms with Crippen LogP contribution >= 0.6 is 0 Å². The zero-order valence-electron chi connectivity index (χ0n) is 15.3. The summed E-state index contributed by atoms with van der Waals surface area (Å²) in [5.41, 5.74) is 0.917. The van der Waals surface area contributed by atoms with Crippen LogP contribution in [0.5, 0.6) is 0 Å². The van der Waals surface area contributed by atoms with Crippen LogP contribution in [-0.4, -0.2) is 45.1 Å². The average Bonchev–Trinajstić information content (AvgIpc) is 2.94. The van der Waals surface area contributed by atoms with Gasteiger partial charge in [0.1, 0.15) is 11.3 Å². The van der Waals surface area contributed by atoms with Gasteiger partial charge in [-0.25, -0.2) is 4.79 Å². The molecule has 2 aromatic rings. The standard InChI is InChI=1S/C20H23N3O4/c1-12-7-17(13-3-2-4-13)27-20(26)18(12)19(25)23-10-14(16(24)11-23)8-15-9-21-5-6-22-15/h5-7,9,13-14,16,24H,2-4,8,10-11H2,1H3/t14-,16-/m1/s1. The van der Waals surface area contributed by atoms with Crippen LogP contribution in [0.25, 0.3) is 0 Å². The number of carbonyl (C=O) groups excluding carboxylic acids is 1. The molecule has 1 saturated carbocycles. The van der Waals surface area contributed by atoms with Crippen molar-refractivity contribution in [2.45, 2.75) is 44.6 Å². The first kappa shape index (κ1) is 17.9.